The maximum absolute atomic E-state index is 13.9. The Morgan fingerprint density at radius 1 is 1.09 bits per heavy atom. The molecule has 0 N–H and O–H groups in total. The fourth-order valence-corrected chi connectivity index (χ4v) is 4.51. The largest absolute Gasteiger partial charge is 0.491 e. The second-order valence-electron chi connectivity index (χ2n) is 9.08. The van der Waals surface area contributed by atoms with E-state index < -0.39 is 17.5 Å². The molecule has 2 aliphatic rings. The number of ether oxygens (including phenoxy) is 2. The van der Waals surface area contributed by atoms with Crippen LogP contribution in [0.25, 0.3) is 11.5 Å². The predicted octanol–water partition coefficient (Wildman–Crippen LogP) is 5.03. The van der Waals surface area contributed by atoms with Crippen molar-refractivity contribution in [2.24, 2.45) is 5.41 Å². The molecule has 2 aromatic carbocycles. The Morgan fingerprint density at radius 3 is 2.51 bits per heavy atom. The zero-order valence-corrected chi connectivity index (χ0v) is 19.0. The molecule has 0 bridgehead atoms. The lowest BCUT2D eigenvalue weighted by atomic mass is 9.80. The van der Waals surface area contributed by atoms with Crippen molar-refractivity contribution in [1.29, 1.82) is 0 Å². The Bertz CT molecular complexity index is 1210. The molecule has 0 radical (unpaired) electrons. The summed E-state index contributed by atoms with van der Waals surface area (Å²) in [4.78, 5) is 15.7. The van der Waals surface area contributed by atoms with E-state index >= 15 is 0 Å². The van der Waals surface area contributed by atoms with Crippen molar-refractivity contribution in [3.05, 3.63) is 65.5 Å². The van der Waals surface area contributed by atoms with Gasteiger partial charge in [-0.05, 0) is 30.5 Å². The smallest absolute Gasteiger partial charge is 0.470 e. The molecule has 0 saturated carbocycles. The summed E-state index contributed by atoms with van der Waals surface area (Å²) in [5.74, 6) is -1.17. The summed E-state index contributed by atoms with van der Waals surface area (Å²) in [6.07, 6.45) is -3.46. The monoisotopic (exact) mass is 487 g/mol. The molecule has 10 heteroatoms. The normalized spacial score (nSPS) is 20.0. The Balaban J connectivity index is 1.49. The van der Waals surface area contributed by atoms with Crippen LogP contribution >= 0.6 is 0 Å². The molecule has 5 rings (SSSR count). The van der Waals surface area contributed by atoms with Crippen LogP contribution in [0.1, 0.15) is 42.8 Å². The van der Waals surface area contributed by atoms with Gasteiger partial charge in [-0.15, -0.1) is 10.2 Å². The van der Waals surface area contributed by atoms with E-state index in [1.165, 1.54) is 0 Å². The quantitative estimate of drug-likeness (QED) is 0.516. The van der Waals surface area contributed by atoms with E-state index in [2.05, 4.69) is 10.2 Å². The van der Waals surface area contributed by atoms with Crippen molar-refractivity contribution >= 4 is 5.91 Å². The van der Waals surface area contributed by atoms with Crippen molar-refractivity contribution in [1.82, 2.24) is 15.1 Å². The SMILES string of the molecule is CC1(C(=O)N2Cc3ccc(-c4nnc(C(F)(F)F)o4)cc3OC[C@@H]2c2ccccc2)CCOCC1. The zero-order chi connectivity index (χ0) is 24.6. The van der Waals surface area contributed by atoms with E-state index in [1.807, 2.05) is 42.2 Å². The predicted molar refractivity (Wildman–Crippen MR) is 118 cm³/mol. The lowest BCUT2D eigenvalue weighted by molar-refractivity contribution is -0.157. The van der Waals surface area contributed by atoms with E-state index in [0.717, 1.165) is 11.1 Å². The number of rotatable bonds is 3. The second-order valence-corrected chi connectivity index (χ2v) is 9.08. The molecule has 3 heterocycles. The third kappa shape index (κ3) is 4.62. The summed E-state index contributed by atoms with van der Waals surface area (Å²) in [7, 11) is 0. The summed E-state index contributed by atoms with van der Waals surface area (Å²) < 4.78 is 55.1. The van der Waals surface area contributed by atoms with Gasteiger partial charge in [-0.3, -0.25) is 4.79 Å². The minimum absolute atomic E-state index is 0.0295. The maximum atomic E-state index is 13.9. The van der Waals surface area contributed by atoms with Gasteiger partial charge in [0.1, 0.15) is 12.4 Å². The number of benzene rings is 2. The Hall–Kier alpha value is -3.40. The molecule has 7 nitrogen and oxygen atoms in total. The van der Waals surface area contributed by atoms with Crippen LogP contribution < -0.4 is 4.74 Å². The Kier molecular flexibility index (Phi) is 6.00. The van der Waals surface area contributed by atoms with E-state index in [-0.39, 0.29) is 24.4 Å². The van der Waals surface area contributed by atoms with Gasteiger partial charge in [-0.25, -0.2) is 0 Å². The number of halogens is 3. The van der Waals surface area contributed by atoms with Crippen LogP contribution in [-0.2, 0) is 22.3 Å². The number of alkyl halides is 3. The van der Waals surface area contributed by atoms with Crippen LogP contribution in [0.2, 0.25) is 0 Å². The molecule has 0 aliphatic carbocycles. The highest BCUT2D eigenvalue weighted by Gasteiger charge is 2.42. The third-order valence-corrected chi connectivity index (χ3v) is 6.65. The number of nitrogens with zero attached hydrogens (tertiary/aromatic N) is 3. The maximum Gasteiger partial charge on any atom is 0.470 e. The second kappa shape index (κ2) is 8.99. The molecule has 35 heavy (non-hydrogen) atoms. The first-order valence-electron chi connectivity index (χ1n) is 11.4. The highest BCUT2D eigenvalue weighted by atomic mass is 19.4. The van der Waals surface area contributed by atoms with E-state index in [4.69, 9.17) is 13.9 Å². The minimum Gasteiger partial charge on any atom is -0.491 e. The number of amides is 1. The fraction of sp³-hybridized carbons (Fsp3) is 0.400. The van der Waals surface area contributed by atoms with Crippen LogP contribution in [0, 0.1) is 5.41 Å². The van der Waals surface area contributed by atoms with Gasteiger partial charge in [-0.2, -0.15) is 13.2 Å². The molecule has 1 saturated heterocycles. The number of fused-ring (bicyclic) bond motifs is 1. The standard InChI is InChI=1S/C25H24F3N3O4/c1-24(9-11-33-12-10-24)23(32)31-14-18-8-7-17(21-29-30-22(35-21)25(26,27)28)13-20(18)34-15-19(31)16-5-3-2-4-6-16/h2-8,13,19H,9-12,14-15H2,1H3/t19-/m1/s1. The summed E-state index contributed by atoms with van der Waals surface area (Å²) in [5.41, 5.74) is 1.44. The first-order chi connectivity index (χ1) is 16.7. The van der Waals surface area contributed by atoms with Crippen molar-refractivity contribution in [3.8, 4) is 17.2 Å². The zero-order valence-electron chi connectivity index (χ0n) is 19.0. The summed E-state index contributed by atoms with van der Waals surface area (Å²) in [6, 6.07) is 14.2. The molecule has 1 atom stereocenters. The van der Waals surface area contributed by atoms with Gasteiger partial charge >= 0.3 is 12.1 Å². The van der Waals surface area contributed by atoms with Crippen LogP contribution in [0.3, 0.4) is 0 Å². The van der Waals surface area contributed by atoms with Gasteiger partial charge in [0.25, 0.3) is 0 Å². The highest BCUT2D eigenvalue weighted by Crippen LogP contribution is 2.40. The number of hydrogen-bond acceptors (Lipinski definition) is 6. The summed E-state index contributed by atoms with van der Waals surface area (Å²) in [5, 5.41) is 6.63. The molecular weight excluding hydrogens is 463 g/mol. The van der Waals surface area contributed by atoms with Crippen molar-refractivity contribution < 1.29 is 31.9 Å². The molecule has 0 spiro atoms. The summed E-state index contributed by atoms with van der Waals surface area (Å²) >= 11 is 0. The highest BCUT2D eigenvalue weighted by molar-refractivity contribution is 5.83. The molecule has 1 fully saturated rings. The Morgan fingerprint density at radius 2 is 1.83 bits per heavy atom. The van der Waals surface area contributed by atoms with Gasteiger partial charge in [0.15, 0.2) is 0 Å². The topological polar surface area (TPSA) is 77.7 Å². The third-order valence-electron chi connectivity index (χ3n) is 6.65. The van der Waals surface area contributed by atoms with Gasteiger partial charge < -0.3 is 18.8 Å². The molecule has 0 unspecified atom stereocenters. The molecule has 2 aliphatic heterocycles. The number of aromatic nitrogens is 2. The van der Waals surface area contributed by atoms with Crippen molar-refractivity contribution in [2.45, 2.75) is 38.5 Å². The lowest BCUT2D eigenvalue weighted by Gasteiger charge is -2.39. The number of carbonyl (C=O) groups excluding carboxylic acids is 1. The Labute approximate surface area is 199 Å². The van der Waals surface area contributed by atoms with Crippen molar-refractivity contribution in [2.75, 3.05) is 19.8 Å². The molecule has 3 aromatic rings. The fourth-order valence-electron chi connectivity index (χ4n) is 4.51. The molecular formula is C25H24F3N3O4. The van der Waals surface area contributed by atoms with E-state index in [9.17, 15) is 18.0 Å². The molecule has 1 aromatic heterocycles. The lowest BCUT2D eigenvalue weighted by Crippen LogP contribution is -2.47. The van der Waals surface area contributed by atoms with E-state index in [0.29, 0.717) is 43.9 Å². The molecule has 184 valence electrons. The first-order valence-corrected chi connectivity index (χ1v) is 11.4. The van der Waals surface area contributed by atoms with Gasteiger partial charge in [-0.1, -0.05) is 43.3 Å². The minimum atomic E-state index is -4.72. The van der Waals surface area contributed by atoms with Crippen LogP contribution in [0.5, 0.6) is 5.75 Å². The van der Waals surface area contributed by atoms with Crippen LogP contribution in [0.4, 0.5) is 13.2 Å². The summed E-state index contributed by atoms with van der Waals surface area (Å²) in [6.45, 7) is 3.53. The van der Waals surface area contributed by atoms with Crippen LogP contribution in [-0.4, -0.2) is 40.8 Å². The average Bonchev–Trinajstić information content (AvgIpc) is 3.28. The van der Waals surface area contributed by atoms with Crippen LogP contribution in [0.15, 0.2) is 52.9 Å². The van der Waals surface area contributed by atoms with Gasteiger partial charge in [0, 0.05) is 24.3 Å². The molecule has 1 amide bonds. The van der Waals surface area contributed by atoms with Gasteiger partial charge in [0.2, 0.25) is 11.8 Å². The average molecular weight is 487 g/mol. The van der Waals surface area contributed by atoms with Gasteiger partial charge in [0.05, 0.1) is 18.0 Å². The van der Waals surface area contributed by atoms with Crippen molar-refractivity contribution in [3.63, 3.8) is 0 Å². The van der Waals surface area contributed by atoms with E-state index in [1.54, 1.807) is 18.2 Å². The number of hydrogen-bond donors (Lipinski definition) is 0. The number of carbonyl (C=O) groups is 1. The first kappa shape index (κ1) is 23.3.